The summed E-state index contributed by atoms with van der Waals surface area (Å²) >= 11 is 0. The van der Waals surface area contributed by atoms with Crippen LogP contribution in [0.3, 0.4) is 0 Å². The van der Waals surface area contributed by atoms with E-state index in [2.05, 4.69) is 26.6 Å². The number of hydrogen-bond acceptors (Lipinski definition) is 6. The van der Waals surface area contributed by atoms with Crippen molar-refractivity contribution < 1.29 is 14.4 Å². The molecule has 0 saturated heterocycles. The lowest BCUT2D eigenvalue weighted by Gasteiger charge is -2.14. The van der Waals surface area contributed by atoms with E-state index in [4.69, 9.17) is 9.63 Å². The summed E-state index contributed by atoms with van der Waals surface area (Å²) in [5.74, 6) is 1.08. The van der Waals surface area contributed by atoms with Crippen molar-refractivity contribution >= 4 is 5.91 Å². The predicted octanol–water partition coefficient (Wildman–Crippen LogP) is 2.21. The summed E-state index contributed by atoms with van der Waals surface area (Å²) in [5, 5.41) is 20.4. The van der Waals surface area contributed by atoms with E-state index in [0.717, 1.165) is 29.7 Å². The van der Waals surface area contributed by atoms with Gasteiger partial charge in [0.25, 0.3) is 5.91 Å². The van der Waals surface area contributed by atoms with Crippen molar-refractivity contribution in [1.29, 1.82) is 0 Å². The van der Waals surface area contributed by atoms with E-state index < -0.39 is 0 Å². The Morgan fingerprint density at radius 3 is 3.04 bits per heavy atom. The van der Waals surface area contributed by atoms with Gasteiger partial charge in [0.1, 0.15) is 0 Å². The number of aliphatic hydroxyl groups is 1. The molecule has 0 fully saturated rings. The molecule has 0 radical (unpaired) electrons. The Kier molecular flexibility index (Phi) is 4.95. The molecule has 2 aromatic heterocycles. The van der Waals surface area contributed by atoms with E-state index in [1.807, 2.05) is 26.0 Å². The summed E-state index contributed by atoms with van der Waals surface area (Å²) in [6, 6.07) is 6.05. The molecule has 0 bridgehead atoms. The van der Waals surface area contributed by atoms with Crippen LogP contribution in [0.5, 0.6) is 0 Å². The third-order valence-electron chi connectivity index (χ3n) is 5.21. The van der Waals surface area contributed by atoms with Crippen LogP contribution in [-0.2, 0) is 19.4 Å². The first kappa shape index (κ1) is 18.4. The maximum atomic E-state index is 12.7. The number of amides is 1. The molecule has 0 spiro atoms. The zero-order valence-corrected chi connectivity index (χ0v) is 16.0. The SMILES string of the molecule is CCc1nc(-c2ccc3c(c2)CC[C@H]3NC(=O)c2cnn(CCO)c2C)no1. The van der Waals surface area contributed by atoms with Crippen molar-refractivity contribution in [2.45, 2.75) is 45.7 Å². The first-order valence-corrected chi connectivity index (χ1v) is 9.50. The second kappa shape index (κ2) is 7.55. The number of carbonyl (C=O) groups excluding carboxylic acids is 1. The normalized spacial score (nSPS) is 15.6. The van der Waals surface area contributed by atoms with Gasteiger partial charge in [-0.3, -0.25) is 9.48 Å². The number of hydrogen-bond donors (Lipinski definition) is 2. The van der Waals surface area contributed by atoms with Gasteiger partial charge in [-0.05, 0) is 37.0 Å². The number of nitrogens with zero attached hydrogens (tertiary/aromatic N) is 4. The Bertz CT molecular complexity index is 1010. The molecule has 8 heteroatoms. The first-order valence-electron chi connectivity index (χ1n) is 9.50. The standard InChI is InChI=1S/C20H23N5O3/c1-3-18-23-19(24-28-18)14-4-6-15-13(10-14)5-7-17(15)22-20(27)16-11-21-25(8-9-26)12(16)2/h4,6,10-11,17,26H,3,5,7-9H2,1-2H3,(H,22,27)/t17-/m1/s1. The molecule has 0 saturated carbocycles. The predicted molar refractivity (Wildman–Crippen MR) is 102 cm³/mol. The lowest BCUT2D eigenvalue weighted by Crippen LogP contribution is -2.27. The summed E-state index contributed by atoms with van der Waals surface area (Å²) < 4.78 is 6.84. The van der Waals surface area contributed by atoms with Gasteiger partial charge in [0.05, 0.1) is 31.0 Å². The molecule has 8 nitrogen and oxygen atoms in total. The average Bonchev–Trinajstić information content (AvgIpc) is 3.41. The largest absolute Gasteiger partial charge is 0.394 e. The van der Waals surface area contributed by atoms with Crippen molar-refractivity contribution in [2.24, 2.45) is 0 Å². The third kappa shape index (κ3) is 3.31. The van der Waals surface area contributed by atoms with Gasteiger partial charge in [-0.2, -0.15) is 10.1 Å². The molecule has 2 heterocycles. The number of benzene rings is 1. The van der Waals surface area contributed by atoms with Gasteiger partial charge < -0.3 is 14.9 Å². The van der Waals surface area contributed by atoms with Gasteiger partial charge in [-0.1, -0.05) is 24.2 Å². The van der Waals surface area contributed by atoms with E-state index in [-0.39, 0.29) is 18.6 Å². The van der Waals surface area contributed by atoms with Gasteiger partial charge in [-0.25, -0.2) is 0 Å². The van der Waals surface area contributed by atoms with E-state index in [9.17, 15) is 4.79 Å². The topological polar surface area (TPSA) is 106 Å². The number of carbonyl (C=O) groups is 1. The molecule has 3 aromatic rings. The molecule has 4 rings (SSSR count). The van der Waals surface area contributed by atoms with Crippen molar-refractivity contribution in [3.05, 3.63) is 52.7 Å². The van der Waals surface area contributed by atoms with Crippen LogP contribution in [0.2, 0.25) is 0 Å². The van der Waals surface area contributed by atoms with Crippen LogP contribution in [0.15, 0.2) is 28.9 Å². The second-order valence-corrected chi connectivity index (χ2v) is 6.93. The molecule has 2 N–H and O–H groups in total. The summed E-state index contributed by atoms with van der Waals surface area (Å²) in [6.07, 6.45) is 4.00. The molecular weight excluding hydrogens is 358 g/mol. The zero-order chi connectivity index (χ0) is 19.7. The molecule has 1 aliphatic rings. The number of rotatable bonds is 6. The molecule has 1 aromatic carbocycles. The van der Waals surface area contributed by atoms with Crippen LogP contribution in [-0.4, -0.2) is 37.5 Å². The highest BCUT2D eigenvalue weighted by molar-refractivity contribution is 5.95. The fourth-order valence-corrected chi connectivity index (χ4v) is 3.65. The molecule has 28 heavy (non-hydrogen) atoms. The van der Waals surface area contributed by atoms with E-state index in [0.29, 0.717) is 30.2 Å². The fraction of sp³-hybridized carbons (Fsp3) is 0.400. The number of aliphatic hydroxyl groups excluding tert-OH is 1. The van der Waals surface area contributed by atoms with Crippen LogP contribution < -0.4 is 5.32 Å². The Morgan fingerprint density at radius 2 is 2.29 bits per heavy atom. The minimum atomic E-state index is -0.144. The number of fused-ring (bicyclic) bond motifs is 1. The third-order valence-corrected chi connectivity index (χ3v) is 5.21. The highest BCUT2D eigenvalue weighted by atomic mass is 16.5. The van der Waals surface area contributed by atoms with E-state index in [1.54, 1.807) is 10.9 Å². The number of nitrogens with one attached hydrogen (secondary N) is 1. The molecule has 146 valence electrons. The van der Waals surface area contributed by atoms with Crippen LogP contribution in [0.25, 0.3) is 11.4 Å². The summed E-state index contributed by atoms with van der Waals surface area (Å²) in [4.78, 5) is 17.1. The molecule has 1 aliphatic carbocycles. The fourth-order valence-electron chi connectivity index (χ4n) is 3.65. The van der Waals surface area contributed by atoms with Crippen molar-refractivity contribution in [1.82, 2.24) is 25.2 Å². The Morgan fingerprint density at radius 1 is 1.43 bits per heavy atom. The van der Waals surface area contributed by atoms with Crippen molar-refractivity contribution in [3.63, 3.8) is 0 Å². The first-order chi connectivity index (χ1) is 13.6. The molecule has 0 unspecified atom stereocenters. The van der Waals surface area contributed by atoms with Crippen LogP contribution >= 0.6 is 0 Å². The average molecular weight is 381 g/mol. The smallest absolute Gasteiger partial charge is 0.255 e. The Labute approximate surface area is 162 Å². The van der Waals surface area contributed by atoms with Crippen LogP contribution in [0.4, 0.5) is 0 Å². The minimum Gasteiger partial charge on any atom is -0.394 e. The zero-order valence-electron chi connectivity index (χ0n) is 16.0. The quantitative estimate of drug-likeness (QED) is 0.678. The van der Waals surface area contributed by atoms with Gasteiger partial charge in [0, 0.05) is 17.7 Å². The lowest BCUT2D eigenvalue weighted by atomic mass is 10.0. The van der Waals surface area contributed by atoms with E-state index in [1.165, 1.54) is 5.56 Å². The van der Waals surface area contributed by atoms with Crippen LogP contribution in [0, 0.1) is 6.92 Å². The summed E-state index contributed by atoms with van der Waals surface area (Å²) in [6.45, 7) is 4.18. The highest BCUT2D eigenvalue weighted by Crippen LogP contribution is 2.34. The monoisotopic (exact) mass is 381 g/mol. The van der Waals surface area contributed by atoms with E-state index >= 15 is 0 Å². The molecule has 0 aliphatic heterocycles. The van der Waals surface area contributed by atoms with Crippen molar-refractivity contribution in [2.75, 3.05) is 6.61 Å². The number of aromatic nitrogens is 4. The molecule has 1 amide bonds. The lowest BCUT2D eigenvalue weighted by molar-refractivity contribution is 0.0936. The second-order valence-electron chi connectivity index (χ2n) is 6.93. The van der Waals surface area contributed by atoms with Gasteiger partial charge in [0.2, 0.25) is 11.7 Å². The highest BCUT2D eigenvalue weighted by Gasteiger charge is 2.26. The maximum absolute atomic E-state index is 12.7. The van der Waals surface area contributed by atoms with Crippen LogP contribution in [0.1, 0.15) is 52.5 Å². The summed E-state index contributed by atoms with van der Waals surface area (Å²) in [7, 11) is 0. The van der Waals surface area contributed by atoms with Crippen molar-refractivity contribution in [3.8, 4) is 11.4 Å². The Balaban J connectivity index is 1.51. The molecular formula is C20H23N5O3. The summed E-state index contributed by atoms with van der Waals surface area (Å²) in [5.41, 5.74) is 4.53. The van der Waals surface area contributed by atoms with Gasteiger partial charge in [-0.15, -0.1) is 0 Å². The maximum Gasteiger partial charge on any atom is 0.255 e. The minimum absolute atomic E-state index is 0.0119. The molecule has 1 atom stereocenters. The van der Waals surface area contributed by atoms with Gasteiger partial charge in [0.15, 0.2) is 0 Å². The number of aryl methyl sites for hydroxylation is 2. The Hall–Kier alpha value is -3.00. The van der Waals surface area contributed by atoms with Gasteiger partial charge >= 0.3 is 0 Å².